The molecule has 1 spiro atoms. The molecule has 0 unspecified atom stereocenters. The number of amides is 4. The fourth-order valence-corrected chi connectivity index (χ4v) is 4.40. The van der Waals surface area contributed by atoms with Crippen LogP contribution in [-0.2, 0) is 19.1 Å². The van der Waals surface area contributed by atoms with Gasteiger partial charge in [-0.15, -0.1) is 0 Å². The van der Waals surface area contributed by atoms with Crippen molar-refractivity contribution in [3.63, 3.8) is 0 Å². The van der Waals surface area contributed by atoms with Gasteiger partial charge in [-0.05, 0) is 43.2 Å². The third-order valence-electron chi connectivity index (χ3n) is 6.31. The summed E-state index contributed by atoms with van der Waals surface area (Å²) < 4.78 is 5.22. The molecule has 1 aromatic carbocycles. The summed E-state index contributed by atoms with van der Waals surface area (Å²) >= 11 is 0. The molecule has 2 aliphatic rings. The van der Waals surface area contributed by atoms with E-state index in [0.29, 0.717) is 12.1 Å². The molecule has 3 rings (SSSR count). The molecule has 1 aromatic rings. The number of benzene rings is 1. The molecule has 8 heteroatoms. The third kappa shape index (κ3) is 4.57. The number of carbonyl (C=O) groups is 4. The van der Waals surface area contributed by atoms with E-state index in [-0.39, 0.29) is 17.7 Å². The Hall–Kier alpha value is -2.90. The Morgan fingerprint density at radius 2 is 1.94 bits per heavy atom. The van der Waals surface area contributed by atoms with Crippen molar-refractivity contribution >= 4 is 29.5 Å². The minimum atomic E-state index is -1.07. The third-order valence-corrected chi connectivity index (χ3v) is 6.31. The first kappa shape index (κ1) is 22.8. The van der Waals surface area contributed by atoms with Gasteiger partial charge in [0, 0.05) is 5.69 Å². The number of hydrogen-bond donors (Lipinski definition) is 2. The number of hydrogen-bond acceptors (Lipinski definition) is 5. The van der Waals surface area contributed by atoms with E-state index in [0.717, 1.165) is 29.7 Å². The average Bonchev–Trinajstić information content (AvgIpc) is 2.95. The van der Waals surface area contributed by atoms with Crippen LogP contribution < -0.4 is 10.6 Å². The number of anilines is 1. The maximum atomic E-state index is 13.0. The Labute approximate surface area is 182 Å². The van der Waals surface area contributed by atoms with E-state index < -0.39 is 36.1 Å². The van der Waals surface area contributed by atoms with Crippen molar-refractivity contribution < 1.29 is 23.9 Å². The Morgan fingerprint density at radius 1 is 1.23 bits per heavy atom. The van der Waals surface area contributed by atoms with Crippen LogP contribution in [0.5, 0.6) is 0 Å². The predicted octanol–water partition coefficient (Wildman–Crippen LogP) is 3.18. The number of nitrogens with zero attached hydrogens (tertiary/aromatic N) is 1. The van der Waals surface area contributed by atoms with E-state index in [9.17, 15) is 19.2 Å². The largest absolute Gasteiger partial charge is 0.451 e. The van der Waals surface area contributed by atoms with Gasteiger partial charge in [0.05, 0.1) is 0 Å². The normalized spacial score (nSPS) is 24.3. The van der Waals surface area contributed by atoms with Crippen LogP contribution in [0.3, 0.4) is 0 Å². The summed E-state index contributed by atoms with van der Waals surface area (Å²) in [6.07, 6.45) is 2.21. The number of imide groups is 1. The van der Waals surface area contributed by atoms with Crippen LogP contribution in [0.25, 0.3) is 0 Å². The molecule has 168 valence electrons. The smallest absolute Gasteiger partial charge is 0.327 e. The molecule has 1 saturated carbocycles. The van der Waals surface area contributed by atoms with Crippen LogP contribution in [0, 0.1) is 5.92 Å². The van der Waals surface area contributed by atoms with Crippen molar-refractivity contribution in [3.8, 4) is 0 Å². The van der Waals surface area contributed by atoms with Gasteiger partial charge in [0.2, 0.25) is 0 Å². The molecular weight excluding hydrogens is 398 g/mol. The van der Waals surface area contributed by atoms with Crippen molar-refractivity contribution in [2.24, 2.45) is 5.92 Å². The van der Waals surface area contributed by atoms with Crippen molar-refractivity contribution in [1.82, 2.24) is 10.2 Å². The number of ether oxygens (including phenoxy) is 1. The van der Waals surface area contributed by atoms with Gasteiger partial charge in [-0.1, -0.05) is 51.8 Å². The summed E-state index contributed by atoms with van der Waals surface area (Å²) in [6.45, 7) is 6.93. The van der Waals surface area contributed by atoms with Crippen LogP contribution in [0.1, 0.15) is 64.9 Å². The van der Waals surface area contributed by atoms with Crippen LogP contribution in [-0.4, -0.2) is 46.9 Å². The minimum Gasteiger partial charge on any atom is -0.451 e. The van der Waals surface area contributed by atoms with Gasteiger partial charge in [-0.3, -0.25) is 19.3 Å². The zero-order valence-electron chi connectivity index (χ0n) is 18.6. The van der Waals surface area contributed by atoms with Crippen LogP contribution >= 0.6 is 0 Å². The van der Waals surface area contributed by atoms with Gasteiger partial charge >= 0.3 is 12.0 Å². The zero-order valence-corrected chi connectivity index (χ0v) is 18.6. The van der Waals surface area contributed by atoms with Gasteiger partial charge in [0.1, 0.15) is 12.1 Å². The van der Waals surface area contributed by atoms with Gasteiger partial charge in [-0.25, -0.2) is 4.79 Å². The monoisotopic (exact) mass is 429 g/mol. The first-order chi connectivity index (χ1) is 14.7. The van der Waals surface area contributed by atoms with Crippen molar-refractivity contribution in [3.05, 3.63) is 29.8 Å². The van der Waals surface area contributed by atoms with Crippen LogP contribution in [0.15, 0.2) is 24.3 Å². The fraction of sp³-hybridized carbons (Fsp3) is 0.565. The molecule has 8 nitrogen and oxygen atoms in total. The van der Waals surface area contributed by atoms with E-state index >= 15 is 0 Å². The topological polar surface area (TPSA) is 105 Å². The standard InChI is InChI=1S/C23H31N3O5/c1-14(2)17-10-5-6-11-18(17)24-20(28)16(4)31-19(27)13-26-21(29)23(25-22(26)30)12-8-7-9-15(23)3/h5-6,10-11,14-16H,7-9,12-13H2,1-4H3,(H,24,28)(H,25,30)/t15-,16+,23+/m1/s1. The number of nitrogens with one attached hydrogen (secondary N) is 2. The molecule has 1 saturated heterocycles. The molecule has 2 fully saturated rings. The van der Waals surface area contributed by atoms with Crippen molar-refractivity contribution in [2.45, 2.75) is 70.9 Å². The molecule has 1 aliphatic carbocycles. The lowest BCUT2D eigenvalue weighted by Gasteiger charge is -2.36. The first-order valence-corrected chi connectivity index (χ1v) is 10.9. The Bertz CT molecular complexity index is 884. The summed E-state index contributed by atoms with van der Waals surface area (Å²) in [5.41, 5.74) is 0.701. The molecule has 4 amide bonds. The molecular formula is C23H31N3O5. The van der Waals surface area contributed by atoms with E-state index in [2.05, 4.69) is 10.6 Å². The van der Waals surface area contributed by atoms with Gasteiger partial charge in [0.15, 0.2) is 6.10 Å². The second-order valence-corrected chi connectivity index (χ2v) is 8.80. The number of carbonyl (C=O) groups excluding carboxylic acids is 4. The maximum Gasteiger partial charge on any atom is 0.327 e. The lowest BCUT2D eigenvalue weighted by Crippen LogP contribution is -2.54. The molecule has 1 heterocycles. The fourth-order valence-electron chi connectivity index (χ4n) is 4.40. The number of esters is 1. The Morgan fingerprint density at radius 3 is 2.61 bits per heavy atom. The highest BCUT2D eigenvalue weighted by Gasteiger charge is 2.55. The van der Waals surface area contributed by atoms with E-state index in [1.807, 2.05) is 39.0 Å². The zero-order chi connectivity index (χ0) is 22.8. The maximum absolute atomic E-state index is 13.0. The van der Waals surface area contributed by atoms with Gasteiger partial charge < -0.3 is 15.4 Å². The summed E-state index contributed by atoms with van der Waals surface area (Å²) in [5, 5.41) is 5.58. The van der Waals surface area contributed by atoms with Crippen molar-refractivity contribution in [1.29, 1.82) is 0 Å². The molecule has 0 radical (unpaired) electrons. The van der Waals surface area contributed by atoms with Crippen LogP contribution in [0.4, 0.5) is 10.5 Å². The molecule has 0 aromatic heterocycles. The van der Waals surface area contributed by atoms with E-state index in [1.165, 1.54) is 6.92 Å². The molecule has 0 bridgehead atoms. The molecule has 3 atom stereocenters. The quantitative estimate of drug-likeness (QED) is 0.534. The molecule has 31 heavy (non-hydrogen) atoms. The first-order valence-electron chi connectivity index (χ1n) is 10.9. The second-order valence-electron chi connectivity index (χ2n) is 8.80. The average molecular weight is 430 g/mol. The minimum absolute atomic E-state index is 0.00412. The number of urea groups is 1. The highest BCUT2D eigenvalue weighted by Crippen LogP contribution is 2.38. The summed E-state index contributed by atoms with van der Waals surface area (Å²) in [6, 6.07) is 6.85. The lowest BCUT2D eigenvalue weighted by molar-refractivity contribution is -0.155. The summed E-state index contributed by atoms with van der Waals surface area (Å²) in [4.78, 5) is 51.2. The highest BCUT2D eigenvalue weighted by molar-refractivity contribution is 6.09. The van der Waals surface area contributed by atoms with Gasteiger partial charge in [-0.2, -0.15) is 0 Å². The Balaban J connectivity index is 1.60. The summed E-state index contributed by atoms with van der Waals surface area (Å²) in [5.74, 6) is -1.45. The lowest BCUT2D eigenvalue weighted by atomic mass is 9.73. The number of rotatable bonds is 6. The highest BCUT2D eigenvalue weighted by atomic mass is 16.5. The van der Waals surface area contributed by atoms with Crippen LogP contribution in [0.2, 0.25) is 0 Å². The SMILES string of the molecule is CC(C)c1ccccc1NC(=O)[C@H](C)OC(=O)CN1C(=O)N[C@]2(CCCC[C@H]2C)C1=O. The summed E-state index contributed by atoms with van der Waals surface area (Å²) in [7, 11) is 0. The van der Waals surface area contributed by atoms with E-state index in [1.54, 1.807) is 6.07 Å². The van der Waals surface area contributed by atoms with E-state index in [4.69, 9.17) is 4.74 Å². The molecule has 2 N–H and O–H groups in total. The van der Waals surface area contributed by atoms with Crippen molar-refractivity contribution in [2.75, 3.05) is 11.9 Å². The Kier molecular flexibility index (Phi) is 6.67. The second kappa shape index (κ2) is 9.08. The predicted molar refractivity (Wildman–Crippen MR) is 115 cm³/mol. The number of para-hydroxylation sites is 1. The molecule has 1 aliphatic heterocycles. The van der Waals surface area contributed by atoms with Gasteiger partial charge in [0.25, 0.3) is 11.8 Å².